The minimum Gasteiger partial charge on any atom is -0.494 e. The van der Waals surface area contributed by atoms with Gasteiger partial charge in [0.25, 0.3) is 0 Å². The Morgan fingerprint density at radius 2 is 1.96 bits per heavy atom. The van der Waals surface area contributed by atoms with E-state index in [0.717, 1.165) is 31.6 Å². The Bertz CT molecular complexity index is 696. The molecule has 1 saturated heterocycles. The third-order valence-corrected chi connectivity index (χ3v) is 5.80. The highest BCUT2D eigenvalue weighted by Gasteiger charge is 2.29. The summed E-state index contributed by atoms with van der Waals surface area (Å²) in [4.78, 5) is 17.2. The number of amides is 2. The van der Waals surface area contributed by atoms with Crippen molar-refractivity contribution in [2.75, 3.05) is 13.2 Å². The minimum atomic E-state index is 0.0304. The molecule has 134 valence electrons. The number of hydrogen-bond donors (Lipinski definition) is 1. The van der Waals surface area contributed by atoms with Crippen molar-refractivity contribution in [1.29, 1.82) is 0 Å². The molecule has 3 rings (SSSR count). The van der Waals surface area contributed by atoms with Crippen LogP contribution in [0.5, 0.6) is 5.75 Å². The fraction of sp³-hybridized carbons (Fsp3) is 0.450. The molecule has 1 atom stereocenters. The summed E-state index contributed by atoms with van der Waals surface area (Å²) in [5.74, 6) is 0.879. The summed E-state index contributed by atoms with van der Waals surface area (Å²) in [7, 11) is 0. The number of carbonyl (C=O) groups is 1. The van der Waals surface area contributed by atoms with E-state index in [9.17, 15) is 4.79 Å². The normalized spacial score (nSPS) is 16.9. The number of thiophene rings is 1. The van der Waals surface area contributed by atoms with Gasteiger partial charge < -0.3 is 15.0 Å². The number of benzene rings is 1. The Morgan fingerprint density at radius 1 is 1.20 bits per heavy atom. The van der Waals surface area contributed by atoms with Crippen molar-refractivity contribution in [2.24, 2.45) is 0 Å². The van der Waals surface area contributed by atoms with Gasteiger partial charge in [-0.05, 0) is 56.0 Å². The first-order chi connectivity index (χ1) is 12.2. The summed E-state index contributed by atoms with van der Waals surface area (Å²) >= 11 is 1.77. The van der Waals surface area contributed by atoms with Crippen LogP contribution >= 0.6 is 11.3 Å². The fourth-order valence-corrected chi connectivity index (χ4v) is 4.18. The van der Waals surface area contributed by atoms with E-state index in [4.69, 9.17) is 4.74 Å². The molecule has 0 radical (unpaired) electrons. The van der Waals surface area contributed by atoms with Crippen LogP contribution in [0.4, 0.5) is 4.79 Å². The second-order valence-corrected chi connectivity index (χ2v) is 7.49. The van der Waals surface area contributed by atoms with Crippen molar-refractivity contribution in [2.45, 2.75) is 45.7 Å². The second-order valence-electron chi connectivity index (χ2n) is 6.23. The van der Waals surface area contributed by atoms with E-state index in [1.165, 1.54) is 15.3 Å². The largest absolute Gasteiger partial charge is 0.494 e. The zero-order valence-electron chi connectivity index (χ0n) is 15.0. The Balaban J connectivity index is 1.61. The molecule has 2 heterocycles. The van der Waals surface area contributed by atoms with Gasteiger partial charge in [0.15, 0.2) is 0 Å². The maximum absolute atomic E-state index is 12.6. The summed E-state index contributed by atoms with van der Waals surface area (Å²) < 4.78 is 5.50. The lowest BCUT2D eigenvalue weighted by molar-refractivity contribution is 0.192. The maximum Gasteiger partial charge on any atom is 0.318 e. The first kappa shape index (κ1) is 17.8. The first-order valence-electron chi connectivity index (χ1n) is 9.06. The fourth-order valence-electron chi connectivity index (χ4n) is 3.28. The molecule has 1 aliphatic heterocycles. The van der Waals surface area contributed by atoms with Gasteiger partial charge in [0.1, 0.15) is 5.75 Å². The Labute approximate surface area is 153 Å². The number of likely N-dealkylation sites (tertiary alicyclic amines) is 1. The Morgan fingerprint density at radius 3 is 2.64 bits per heavy atom. The van der Waals surface area contributed by atoms with E-state index in [1.807, 2.05) is 24.0 Å². The smallest absolute Gasteiger partial charge is 0.318 e. The van der Waals surface area contributed by atoms with E-state index in [2.05, 4.69) is 36.5 Å². The van der Waals surface area contributed by atoms with Gasteiger partial charge in [-0.2, -0.15) is 0 Å². The monoisotopic (exact) mass is 358 g/mol. The van der Waals surface area contributed by atoms with Crippen molar-refractivity contribution in [3.63, 3.8) is 0 Å². The standard InChI is InChI=1S/C20H26N2O2S/c1-3-17-11-12-18(25-17)14-21-20(23)22-13-5-6-19(22)15-7-9-16(10-8-15)24-4-2/h7-12,19H,3-6,13-14H2,1-2H3,(H,21,23). The molecule has 1 aromatic carbocycles. The van der Waals surface area contributed by atoms with E-state index in [1.54, 1.807) is 11.3 Å². The van der Waals surface area contributed by atoms with Gasteiger partial charge in [-0.1, -0.05) is 19.1 Å². The predicted octanol–water partition coefficient (Wildman–Crippen LogP) is 4.76. The summed E-state index contributed by atoms with van der Waals surface area (Å²) in [6, 6.07) is 12.6. The lowest BCUT2D eigenvalue weighted by Crippen LogP contribution is -2.39. The average Bonchev–Trinajstić information content (AvgIpc) is 3.30. The SMILES string of the molecule is CCOc1ccc(C2CCCN2C(=O)NCc2ccc(CC)s2)cc1. The second kappa shape index (κ2) is 8.39. The van der Waals surface area contributed by atoms with E-state index in [0.29, 0.717) is 13.2 Å². The molecular weight excluding hydrogens is 332 g/mol. The molecular formula is C20H26N2O2S. The number of hydrogen-bond acceptors (Lipinski definition) is 3. The summed E-state index contributed by atoms with van der Waals surface area (Å²) in [6.45, 7) is 6.22. The number of urea groups is 1. The van der Waals surface area contributed by atoms with Crippen LogP contribution in [0.3, 0.4) is 0 Å². The molecule has 1 N–H and O–H groups in total. The third-order valence-electron chi connectivity index (χ3n) is 4.57. The lowest BCUT2D eigenvalue weighted by atomic mass is 10.0. The molecule has 1 aromatic heterocycles. The number of rotatable bonds is 6. The average molecular weight is 359 g/mol. The van der Waals surface area contributed by atoms with Crippen LogP contribution in [-0.2, 0) is 13.0 Å². The Hall–Kier alpha value is -2.01. The van der Waals surface area contributed by atoms with Crippen molar-refractivity contribution in [3.8, 4) is 5.75 Å². The molecule has 5 heteroatoms. The van der Waals surface area contributed by atoms with Crippen LogP contribution in [0.1, 0.15) is 48.0 Å². The molecule has 1 unspecified atom stereocenters. The number of ether oxygens (including phenoxy) is 1. The van der Waals surface area contributed by atoms with E-state index >= 15 is 0 Å². The van der Waals surface area contributed by atoms with Gasteiger partial charge in [-0.15, -0.1) is 11.3 Å². The van der Waals surface area contributed by atoms with Crippen LogP contribution in [0, 0.1) is 0 Å². The van der Waals surface area contributed by atoms with Crippen molar-refractivity contribution in [3.05, 3.63) is 51.7 Å². The molecule has 0 saturated carbocycles. The first-order valence-corrected chi connectivity index (χ1v) is 9.87. The highest BCUT2D eigenvalue weighted by molar-refractivity contribution is 7.11. The van der Waals surface area contributed by atoms with Crippen molar-refractivity contribution >= 4 is 17.4 Å². The van der Waals surface area contributed by atoms with Crippen molar-refractivity contribution < 1.29 is 9.53 Å². The topological polar surface area (TPSA) is 41.6 Å². The molecule has 0 spiro atoms. The molecule has 1 fully saturated rings. The van der Waals surface area contributed by atoms with Crippen LogP contribution in [0.25, 0.3) is 0 Å². The molecule has 2 aromatic rings. The molecule has 25 heavy (non-hydrogen) atoms. The highest BCUT2D eigenvalue weighted by Crippen LogP contribution is 2.32. The molecule has 4 nitrogen and oxygen atoms in total. The maximum atomic E-state index is 12.6. The summed E-state index contributed by atoms with van der Waals surface area (Å²) in [5, 5.41) is 3.08. The van der Waals surface area contributed by atoms with Crippen LogP contribution in [-0.4, -0.2) is 24.1 Å². The molecule has 2 amide bonds. The lowest BCUT2D eigenvalue weighted by Gasteiger charge is -2.25. The van der Waals surface area contributed by atoms with Gasteiger partial charge in [-0.3, -0.25) is 0 Å². The molecule has 0 aliphatic carbocycles. The predicted molar refractivity (Wildman–Crippen MR) is 102 cm³/mol. The van der Waals surface area contributed by atoms with Crippen LogP contribution in [0.15, 0.2) is 36.4 Å². The van der Waals surface area contributed by atoms with Gasteiger partial charge >= 0.3 is 6.03 Å². The summed E-state index contributed by atoms with van der Waals surface area (Å²) in [5.41, 5.74) is 1.18. The minimum absolute atomic E-state index is 0.0304. The third kappa shape index (κ3) is 4.34. The Kier molecular flexibility index (Phi) is 5.97. The zero-order valence-corrected chi connectivity index (χ0v) is 15.8. The van der Waals surface area contributed by atoms with Gasteiger partial charge in [0.2, 0.25) is 0 Å². The number of nitrogens with zero attached hydrogens (tertiary/aromatic N) is 1. The van der Waals surface area contributed by atoms with Gasteiger partial charge in [0, 0.05) is 16.3 Å². The van der Waals surface area contributed by atoms with Gasteiger partial charge in [-0.25, -0.2) is 4.79 Å². The number of nitrogens with one attached hydrogen (secondary N) is 1. The van der Waals surface area contributed by atoms with Gasteiger partial charge in [0.05, 0.1) is 19.2 Å². The van der Waals surface area contributed by atoms with E-state index < -0.39 is 0 Å². The highest BCUT2D eigenvalue weighted by atomic mass is 32.1. The summed E-state index contributed by atoms with van der Waals surface area (Å²) in [6.07, 6.45) is 3.11. The van der Waals surface area contributed by atoms with Crippen molar-refractivity contribution in [1.82, 2.24) is 10.2 Å². The number of aryl methyl sites for hydroxylation is 1. The van der Waals surface area contributed by atoms with Crippen LogP contribution in [0.2, 0.25) is 0 Å². The molecule has 1 aliphatic rings. The molecule has 0 bridgehead atoms. The quantitative estimate of drug-likeness (QED) is 0.809. The number of carbonyl (C=O) groups excluding carboxylic acids is 1. The zero-order chi connectivity index (χ0) is 17.6. The van der Waals surface area contributed by atoms with E-state index in [-0.39, 0.29) is 12.1 Å². The van der Waals surface area contributed by atoms with Crippen LogP contribution < -0.4 is 10.1 Å².